The van der Waals surface area contributed by atoms with Crippen LogP contribution in [0.1, 0.15) is 13.8 Å². The quantitative estimate of drug-likeness (QED) is 0.684. The summed E-state index contributed by atoms with van der Waals surface area (Å²) in [5.74, 6) is 0.0565. The van der Waals surface area contributed by atoms with E-state index in [0.717, 1.165) is 0 Å². The van der Waals surface area contributed by atoms with Crippen LogP contribution in [0.4, 0.5) is 0 Å². The molecule has 0 spiro atoms. The summed E-state index contributed by atoms with van der Waals surface area (Å²) in [6.45, 7) is 3.88. The second kappa shape index (κ2) is 3.57. The zero-order valence-electron chi connectivity index (χ0n) is 7.70. The summed E-state index contributed by atoms with van der Waals surface area (Å²) in [6.07, 6.45) is 2.91. The fourth-order valence-electron chi connectivity index (χ4n) is 0.695. The average molecular weight is 183 g/mol. The summed E-state index contributed by atoms with van der Waals surface area (Å²) in [5.41, 5.74) is 4.86. The molecule has 1 aromatic heterocycles. The van der Waals surface area contributed by atoms with Crippen LogP contribution in [0.3, 0.4) is 0 Å². The number of nitrogens with zero attached hydrogens (tertiary/aromatic N) is 1. The monoisotopic (exact) mass is 183 g/mol. The van der Waals surface area contributed by atoms with E-state index in [0.29, 0.717) is 0 Å². The van der Waals surface area contributed by atoms with Gasteiger partial charge in [-0.15, -0.1) is 0 Å². The first kappa shape index (κ1) is 9.73. The molecule has 0 fully saturated rings. The highest BCUT2D eigenvalue weighted by Crippen LogP contribution is 2.00. The van der Waals surface area contributed by atoms with Gasteiger partial charge in [0, 0.05) is 17.9 Å². The molecule has 0 saturated carbocycles. The topological polar surface area (TPSA) is 81.0 Å². The summed E-state index contributed by atoms with van der Waals surface area (Å²) in [4.78, 5) is 17.3. The number of H-pyrrole nitrogens is 1. The first-order valence-corrected chi connectivity index (χ1v) is 3.94. The lowest BCUT2D eigenvalue weighted by Gasteiger charge is -2.17. The van der Waals surface area contributed by atoms with Crippen LogP contribution in [0.15, 0.2) is 17.2 Å². The van der Waals surface area contributed by atoms with Gasteiger partial charge in [0.05, 0.1) is 0 Å². The molecule has 0 unspecified atom stereocenters. The lowest BCUT2D eigenvalue weighted by atomic mass is 10.1. The highest BCUT2D eigenvalue weighted by Gasteiger charge is 2.12. The van der Waals surface area contributed by atoms with Crippen molar-refractivity contribution in [1.82, 2.24) is 9.97 Å². The van der Waals surface area contributed by atoms with Crippen molar-refractivity contribution in [3.8, 4) is 5.88 Å². The maximum atomic E-state index is 11.1. The molecule has 72 valence electrons. The third kappa shape index (κ3) is 3.25. The number of rotatable bonds is 3. The molecule has 0 bridgehead atoms. The number of nitrogens with two attached hydrogens (primary N) is 1. The molecule has 0 amide bonds. The maximum Gasteiger partial charge on any atom is 0.310 e. The Morgan fingerprint density at radius 2 is 2.38 bits per heavy atom. The van der Waals surface area contributed by atoms with Gasteiger partial charge in [-0.3, -0.25) is 4.79 Å². The van der Waals surface area contributed by atoms with Crippen molar-refractivity contribution in [2.75, 3.05) is 6.61 Å². The van der Waals surface area contributed by atoms with Gasteiger partial charge in [-0.25, -0.2) is 4.98 Å². The zero-order valence-corrected chi connectivity index (χ0v) is 7.70. The first-order valence-electron chi connectivity index (χ1n) is 3.94. The van der Waals surface area contributed by atoms with E-state index in [1.807, 2.05) is 13.8 Å². The molecule has 0 atom stereocenters. The van der Waals surface area contributed by atoms with Gasteiger partial charge in [0.25, 0.3) is 5.88 Å². The Morgan fingerprint density at radius 3 is 2.92 bits per heavy atom. The van der Waals surface area contributed by atoms with Gasteiger partial charge in [-0.2, -0.15) is 0 Å². The predicted octanol–water partition coefficient (Wildman–Crippen LogP) is -0.114. The molecule has 0 aromatic carbocycles. The van der Waals surface area contributed by atoms with Gasteiger partial charge in [0.1, 0.15) is 6.61 Å². The van der Waals surface area contributed by atoms with Crippen LogP contribution >= 0.6 is 0 Å². The molecule has 0 aliphatic rings. The fraction of sp³-hybridized carbons (Fsp3) is 0.500. The van der Waals surface area contributed by atoms with Crippen LogP contribution in [0.5, 0.6) is 5.88 Å². The summed E-state index contributed by atoms with van der Waals surface area (Å²) in [7, 11) is 0. The molecule has 1 heterocycles. The van der Waals surface area contributed by atoms with Gasteiger partial charge in [0.15, 0.2) is 0 Å². The molecular formula is C8H13N3O2. The van der Waals surface area contributed by atoms with Crippen LogP contribution in [0.25, 0.3) is 0 Å². The standard InChI is InChI=1S/C8H13N3O2/c1-8(2,9)5-13-7-6(12)10-3-4-11-7/h3-4H,5,9H2,1-2H3,(H,10,12). The molecule has 0 aliphatic heterocycles. The normalized spacial score (nSPS) is 11.3. The fourth-order valence-corrected chi connectivity index (χ4v) is 0.695. The van der Waals surface area contributed by atoms with Crippen molar-refractivity contribution < 1.29 is 4.74 Å². The minimum absolute atomic E-state index is 0.0565. The predicted molar refractivity (Wildman–Crippen MR) is 48.6 cm³/mol. The van der Waals surface area contributed by atoms with Gasteiger partial charge in [-0.05, 0) is 13.8 Å². The molecule has 5 nitrogen and oxygen atoms in total. The number of nitrogens with one attached hydrogen (secondary N) is 1. The molecular weight excluding hydrogens is 170 g/mol. The van der Waals surface area contributed by atoms with Crippen LogP contribution in [-0.4, -0.2) is 22.1 Å². The van der Waals surface area contributed by atoms with E-state index in [1.54, 1.807) is 0 Å². The maximum absolute atomic E-state index is 11.1. The molecule has 1 rings (SSSR count). The van der Waals surface area contributed by atoms with Crippen LogP contribution in [0, 0.1) is 0 Å². The largest absolute Gasteiger partial charge is 0.472 e. The molecule has 1 aromatic rings. The Labute approximate surface area is 75.9 Å². The van der Waals surface area contributed by atoms with Gasteiger partial charge in [0.2, 0.25) is 0 Å². The van der Waals surface area contributed by atoms with Crippen LogP contribution in [0.2, 0.25) is 0 Å². The van der Waals surface area contributed by atoms with Gasteiger partial charge >= 0.3 is 5.56 Å². The molecule has 3 N–H and O–H groups in total. The molecule has 0 radical (unpaired) electrons. The smallest absolute Gasteiger partial charge is 0.310 e. The minimum atomic E-state index is -0.468. The van der Waals surface area contributed by atoms with Crippen molar-refractivity contribution in [1.29, 1.82) is 0 Å². The average Bonchev–Trinajstić information content (AvgIpc) is 2.01. The summed E-state index contributed by atoms with van der Waals surface area (Å²) >= 11 is 0. The van der Waals surface area contributed by atoms with E-state index in [9.17, 15) is 4.79 Å². The molecule has 0 saturated heterocycles. The van der Waals surface area contributed by atoms with Crippen molar-refractivity contribution >= 4 is 0 Å². The Hall–Kier alpha value is -1.36. The lowest BCUT2D eigenvalue weighted by Crippen LogP contribution is -2.39. The Bertz CT molecular complexity index is 327. The second-order valence-electron chi connectivity index (χ2n) is 3.50. The van der Waals surface area contributed by atoms with Gasteiger partial charge in [-0.1, -0.05) is 0 Å². The van der Waals surface area contributed by atoms with Crippen molar-refractivity contribution in [2.45, 2.75) is 19.4 Å². The minimum Gasteiger partial charge on any atom is -0.472 e. The van der Waals surface area contributed by atoms with Crippen molar-refractivity contribution in [3.63, 3.8) is 0 Å². The lowest BCUT2D eigenvalue weighted by molar-refractivity contribution is 0.232. The SMILES string of the molecule is CC(C)(N)COc1ncc[nH]c1=O. The highest BCUT2D eigenvalue weighted by molar-refractivity contribution is 5.02. The van der Waals surface area contributed by atoms with E-state index in [1.165, 1.54) is 12.4 Å². The van der Waals surface area contributed by atoms with E-state index in [2.05, 4.69) is 9.97 Å². The first-order chi connectivity index (χ1) is 5.99. The van der Waals surface area contributed by atoms with E-state index in [-0.39, 0.29) is 18.0 Å². The van der Waals surface area contributed by atoms with Crippen molar-refractivity contribution in [2.24, 2.45) is 5.73 Å². The van der Waals surface area contributed by atoms with Gasteiger partial charge < -0.3 is 15.5 Å². The Morgan fingerprint density at radius 1 is 1.69 bits per heavy atom. The molecule has 13 heavy (non-hydrogen) atoms. The summed E-state index contributed by atoms with van der Waals surface area (Å²) < 4.78 is 5.12. The van der Waals surface area contributed by atoms with Crippen molar-refractivity contribution in [3.05, 3.63) is 22.7 Å². The Balaban J connectivity index is 2.66. The zero-order chi connectivity index (χ0) is 9.90. The molecule has 5 heteroatoms. The number of aromatic nitrogens is 2. The van der Waals surface area contributed by atoms with Crippen LogP contribution < -0.4 is 16.0 Å². The van der Waals surface area contributed by atoms with E-state index >= 15 is 0 Å². The summed E-state index contributed by atoms with van der Waals surface area (Å²) in [5, 5.41) is 0. The second-order valence-corrected chi connectivity index (χ2v) is 3.50. The summed E-state index contributed by atoms with van der Waals surface area (Å²) in [6, 6.07) is 0. The number of hydrogen-bond acceptors (Lipinski definition) is 4. The third-order valence-electron chi connectivity index (χ3n) is 1.26. The number of aromatic amines is 1. The third-order valence-corrected chi connectivity index (χ3v) is 1.26. The number of ether oxygens (including phenoxy) is 1. The highest BCUT2D eigenvalue weighted by atomic mass is 16.5. The van der Waals surface area contributed by atoms with E-state index < -0.39 is 5.54 Å². The van der Waals surface area contributed by atoms with E-state index in [4.69, 9.17) is 10.5 Å². The number of hydrogen-bond donors (Lipinski definition) is 2. The Kier molecular flexibility index (Phi) is 2.67. The van der Waals surface area contributed by atoms with Crippen LogP contribution in [-0.2, 0) is 0 Å². The molecule has 0 aliphatic carbocycles.